The van der Waals surface area contributed by atoms with Crippen molar-refractivity contribution < 1.29 is 37.3 Å². The Hall–Kier alpha value is -4.93. The van der Waals surface area contributed by atoms with Gasteiger partial charge in [0.2, 0.25) is 17.6 Å². The molecule has 0 bridgehead atoms. The van der Waals surface area contributed by atoms with Gasteiger partial charge in [0.05, 0.1) is 23.7 Å². The number of nitrogens with one attached hydrogen (secondary N) is 2. The lowest BCUT2D eigenvalue weighted by Crippen LogP contribution is -2.35. The smallest absolute Gasteiger partial charge is 0.240 e. The maximum absolute atomic E-state index is 15.1. The Bertz CT molecular complexity index is 1640. The molecule has 40 heavy (non-hydrogen) atoms. The number of anilines is 2. The molecule has 2 N–H and O–H groups in total. The number of hydrogen-bond donors (Lipinski definition) is 2. The maximum Gasteiger partial charge on any atom is 0.240 e. The highest BCUT2D eigenvalue weighted by atomic mass is 19.1. The number of methoxy groups -OCH3 is 1. The van der Waals surface area contributed by atoms with Gasteiger partial charge in [0.1, 0.15) is 41.8 Å². The Balaban J connectivity index is 1.20. The summed E-state index contributed by atoms with van der Waals surface area (Å²) in [5, 5.41) is 5.67. The molecule has 204 valence electrons. The van der Waals surface area contributed by atoms with Gasteiger partial charge >= 0.3 is 0 Å². The SMILES string of the molecule is COc1cc2nccc(Oc3ccc(NC(=O)C4(C(=O)Nc5ccc(F)cc5)CC4)c(F)c3)c2c2c1OCCO2. The summed E-state index contributed by atoms with van der Waals surface area (Å²) in [6.45, 7) is 0.689. The van der Waals surface area contributed by atoms with Gasteiger partial charge in [-0.25, -0.2) is 8.78 Å². The average Bonchev–Trinajstić information content (AvgIpc) is 3.78. The third kappa shape index (κ3) is 4.59. The van der Waals surface area contributed by atoms with Gasteiger partial charge in [-0.1, -0.05) is 0 Å². The van der Waals surface area contributed by atoms with E-state index in [1.54, 1.807) is 18.3 Å². The Morgan fingerprint density at radius 1 is 0.900 bits per heavy atom. The minimum Gasteiger partial charge on any atom is -0.493 e. The molecule has 1 aliphatic heterocycles. The zero-order valence-corrected chi connectivity index (χ0v) is 21.3. The van der Waals surface area contributed by atoms with Crippen LogP contribution < -0.4 is 29.6 Å². The van der Waals surface area contributed by atoms with Crippen molar-refractivity contribution >= 4 is 34.1 Å². The van der Waals surface area contributed by atoms with Gasteiger partial charge in [0, 0.05) is 24.0 Å². The fourth-order valence-corrected chi connectivity index (χ4v) is 4.51. The number of carbonyl (C=O) groups is 2. The van der Waals surface area contributed by atoms with Crippen molar-refractivity contribution in [3.05, 3.63) is 72.4 Å². The Kier molecular flexibility index (Phi) is 6.33. The molecule has 9 nitrogen and oxygen atoms in total. The first-order valence-corrected chi connectivity index (χ1v) is 12.5. The van der Waals surface area contributed by atoms with Crippen LogP contribution in [0.1, 0.15) is 12.8 Å². The first-order valence-electron chi connectivity index (χ1n) is 12.5. The number of fused-ring (bicyclic) bond motifs is 3. The van der Waals surface area contributed by atoms with Crippen LogP contribution in [0.3, 0.4) is 0 Å². The van der Waals surface area contributed by atoms with Crippen LogP contribution in [0.2, 0.25) is 0 Å². The fourth-order valence-electron chi connectivity index (χ4n) is 4.51. The summed E-state index contributed by atoms with van der Waals surface area (Å²) in [6.07, 6.45) is 2.17. The molecule has 4 aromatic rings. The van der Waals surface area contributed by atoms with E-state index in [2.05, 4.69) is 15.6 Å². The summed E-state index contributed by atoms with van der Waals surface area (Å²) in [6, 6.07) is 12.5. The summed E-state index contributed by atoms with van der Waals surface area (Å²) in [4.78, 5) is 30.1. The highest BCUT2D eigenvalue weighted by molar-refractivity contribution is 6.17. The Morgan fingerprint density at radius 2 is 1.62 bits per heavy atom. The highest BCUT2D eigenvalue weighted by Crippen LogP contribution is 2.49. The van der Waals surface area contributed by atoms with E-state index >= 15 is 4.39 Å². The second-order valence-electron chi connectivity index (χ2n) is 9.38. The van der Waals surface area contributed by atoms with E-state index in [0.29, 0.717) is 65.6 Å². The molecule has 1 fully saturated rings. The van der Waals surface area contributed by atoms with E-state index in [4.69, 9.17) is 18.9 Å². The number of ether oxygens (including phenoxy) is 4. The summed E-state index contributed by atoms with van der Waals surface area (Å²) in [7, 11) is 1.52. The molecule has 1 saturated carbocycles. The zero-order valence-electron chi connectivity index (χ0n) is 21.3. The number of hydrogen-bond acceptors (Lipinski definition) is 7. The molecular weight excluding hydrogens is 524 g/mol. The summed E-state index contributed by atoms with van der Waals surface area (Å²) in [5.74, 6) is -0.508. The molecule has 0 unspecified atom stereocenters. The molecule has 0 spiro atoms. The van der Waals surface area contributed by atoms with Crippen molar-refractivity contribution in [1.29, 1.82) is 0 Å². The van der Waals surface area contributed by atoms with Crippen molar-refractivity contribution in [1.82, 2.24) is 4.98 Å². The fraction of sp³-hybridized carbons (Fsp3) is 0.207. The van der Waals surface area contributed by atoms with Crippen LogP contribution in [0, 0.1) is 17.0 Å². The van der Waals surface area contributed by atoms with Gasteiger partial charge in [-0.05, 0) is 55.3 Å². The number of nitrogens with zero attached hydrogens (tertiary/aromatic N) is 1. The Labute approximate surface area is 227 Å². The van der Waals surface area contributed by atoms with Gasteiger partial charge in [-0.2, -0.15) is 0 Å². The molecule has 0 radical (unpaired) electrons. The van der Waals surface area contributed by atoms with Crippen LogP contribution >= 0.6 is 0 Å². The van der Waals surface area contributed by atoms with Crippen LogP contribution in [0.15, 0.2) is 60.8 Å². The van der Waals surface area contributed by atoms with E-state index in [-0.39, 0.29) is 11.4 Å². The van der Waals surface area contributed by atoms with Crippen LogP contribution in [-0.4, -0.2) is 37.1 Å². The number of halogens is 2. The molecule has 6 rings (SSSR count). The van der Waals surface area contributed by atoms with Crippen molar-refractivity contribution in [2.24, 2.45) is 5.41 Å². The number of aromatic nitrogens is 1. The first kappa shape index (κ1) is 25.4. The molecule has 0 atom stereocenters. The van der Waals surface area contributed by atoms with Crippen molar-refractivity contribution in [3.63, 3.8) is 0 Å². The number of pyridine rings is 1. The molecular formula is C29H23F2N3O6. The summed E-state index contributed by atoms with van der Waals surface area (Å²) in [5.41, 5.74) is -0.527. The van der Waals surface area contributed by atoms with Crippen LogP contribution in [-0.2, 0) is 9.59 Å². The van der Waals surface area contributed by atoms with E-state index < -0.39 is 28.9 Å². The number of rotatable bonds is 7. The van der Waals surface area contributed by atoms with Gasteiger partial charge in [-0.3, -0.25) is 14.6 Å². The highest BCUT2D eigenvalue weighted by Gasteiger charge is 2.56. The summed E-state index contributed by atoms with van der Waals surface area (Å²) < 4.78 is 51.2. The number of benzene rings is 3. The van der Waals surface area contributed by atoms with Gasteiger partial charge in [0.15, 0.2) is 11.5 Å². The molecule has 2 aliphatic rings. The van der Waals surface area contributed by atoms with E-state index in [9.17, 15) is 14.0 Å². The lowest BCUT2D eigenvalue weighted by molar-refractivity contribution is -0.131. The molecule has 11 heteroatoms. The topological polar surface area (TPSA) is 108 Å². The molecule has 2 heterocycles. The molecule has 2 amide bonds. The third-order valence-corrected chi connectivity index (χ3v) is 6.80. The van der Waals surface area contributed by atoms with Crippen LogP contribution in [0.5, 0.6) is 28.7 Å². The minimum atomic E-state index is -1.33. The second-order valence-corrected chi connectivity index (χ2v) is 9.38. The van der Waals surface area contributed by atoms with Crippen molar-refractivity contribution in [2.45, 2.75) is 12.8 Å². The lowest BCUT2D eigenvalue weighted by Gasteiger charge is -2.23. The van der Waals surface area contributed by atoms with Gasteiger partial charge < -0.3 is 29.6 Å². The van der Waals surface area contributed by atoms with Crippen LogP contribution in [0.25, 0.3) is 10.9 Å². The van der Waals surface area contributed by atoms with Gasteiger partial charge in [-0.15, -0.1) is 0 Å². The predicted molar refractivity (Wildman–Crippen MR) is 141 cm³/mol. The van der Waals surface area contributed by atoms with E-state index in [1.807, 2.05) is 0 Å². The van der Waals surface area contributed by atoms with E-state index in [0.717, 1.165) is 6.07 Å². The third-order valence-electron chi connectivity index (χ3n) is 6.80. The van der Waals surface area contributed by atoms with Crippen molar-refractivity contribution in [3.8, 4) is 28.7 Å². The molecule has 0 saturated heterocycles. The minimum absolute atomic E-state index is 0.100. The second kappa shape index (κ2) is 9.99. The normalized spacial score (nSPS) is 14.8. The van der Waals surface area contributed by atoms with E-state index in [1.165, 1.54) is 43.5 Å². The average molecular weight is 548 g/mol. The monoisotopic (exact) mass is 547 g/mol. The summed E-state index contributed by atoms with van der Waals surface area (Å²) >= 11 is 0. The number of amides is 2. The molecule has 1 aliphatic carbocycles. The predicted octanol–water partition coefficient (Wildman–Crippen LogP) is 5.44. The standard InChI is InChI=1S/C29H23F2N3O6/c1-37-23-15-21-24(26-25(23)38-12-13-39-26)22(8-11-32-21)40-18-6-7-20(19(31)14-18)34-28(36)29(9-10-29)27(35)33-17-4-2-16(30)3-5-17/h2-8,11,14-15H,9-10,12-13H2,1H3,(H,33,35)(H,34,36). The molecule has 3 aromatic carbocycles. The first-order chi connectivity index (χ1) is 19.4. The van der Waals surface area contributed by atoms with Gasteiger partial charge in [0.25, 0.3) is 0 Å². The quantitative estimate of drug-likeness (QED) is 0.297. The number of carbonyl (C=O) groups excluding carboxylic acids is 2. The Morgan fingerprint density at radius 3 is 2.33 bits per heavy atom. The van der Waals surface area contributed by atoms with Crippen LogP contribution in [0.4, 0.5) is 20.2 Å². The molecule has 1 aromatic heterocycles. The largest absolute Gasteiger partial charge is 0.493 e. The lowest BCUT2D eigenvalue weighted by atomic mass is 10.0. The zero-order chi connectivity index (χ0) is 27.9. The van der Waals surface area contributed by atoms with Crippen molar-refractivity contribution in [2.75, 3.05) is 31.0 Å². The maximum atomic E-state index is 15.1.